The molecule has 1 rings (SSSR count). The Labute approximate surface area is 111 Å². The van der Waals surface area contributed by atoms with Crippen molar-refractivity contribution in [2.75, 3.05) is 33.5 Å². The third-order valence-corrected chi connectivity index (χ3v) is 4.39. The van der Waals surface area contributed by atoms with Crippen LogP contribution in [-0.2, 0) is 9.47 Å². The monoisotopic (exact) mass is 259 g/mol. The van der Waals surface area contributed by atoms with Crippen molar-refractivity contribution in [3.63, 3.8) is 0 Å². The number of rotatable bonds is 8. The van der Waals surface area contributed by atoms with E-state index in [-0.39, 0.29) is 16.9 Å². The molecule has 0 aromatic carbocycles. The van der Waals surface area contributed by atoms with Crippen molar-refractivity contribution in [3.8, 4) is 0 Å². The van der Waals surface area contributed by atoms with Gasteiger partial charge in [0.1, 0.15) is 0 Å². The van der Waals surface area contributed by atoms with Gasteiger partial charge in [-0.15, -0.1) is 0 Å². The zero-order valence-corrected chi connectivity index (χ0v) is 12.1. The Hall–Kier alpha value is -0.160. The number of methoxy groups -OCH3 is 1. The molecule has 4 heteroatoms. The van der Waals surface area contributed by atoms with Crippen LogP contribution in [0, 0.1) is 10.8 Å². The molecule has 0 amide bonds. The minimum atomic E-state index is -0.297. The molecule has 18 heavy (non-hydrogen) atoms. The van der Waals surface area contributed by atoms with Crippen LogP contribution in [0.25, 0.3) is 0 Å². The van der Waals surface area contributed by atoms with Crippen LogP contribution in [0.3, 0.4) is 0 Å². The molecule has 3 N–H and O–H groups in total. The summed E-state index contributed by atoms with van der Waals surface area (Å²) in [6.07, 6.45) is 3.68. The number of aliphatic hydroxyl groups excluding tert-OH is 1. The van der Waals surface area contributed by atoms with Crippen LogP contribution in [0.4, 0.5) is 0 Å². The zero-order chi connectivity index (χ0) is 13.6. The van der Waals surface area contributed by atoms with Gasteiger partial charge in [-0.25, -0.2) is 0 Å². The molecule has 0 aliphatic heterocycles. The standard InChI is InChI=1S/C14H29NO3/c1-13(2)6-7-14(11-15,12(13)16)5-4-8-18-10-9-17-3/h12,16H,4-11,15H2,1-3H3. The lowest BCUT2D eigenvalue weighted by atomic mass is 9.75. The summed E-state index contributed by atoms with van der Waals surface area (Å²) in [5, 5.41) is 10.5. The van der Waals surface area contributed by atoms with Gasteiger partial charge in [0, 0.05) is 25.7 Å². The first-order valence-electron chi connectivity index (χ1n) is 6.93. The highest BCUT2D eigenvalue weighted by molar-refractivity contribution is 5.01. The SMILES string of the molecule is COCCOCCCC1(CN)CCC(C)(C)C1O. The highest BCUT2D eigenvalue weighted by Gasteiger charge is 2.50. The van der Waals surface area contributed by atoms with Gasteiger partial charge >= 0.3 is 0 Å². The highest BCUT2D eigenvalue weighted by atomic mass is 16.5. The van der Waals surface area contributed by atoms with Crippen molar-refractivity contribution in [1.82, 2.24) is 0 Å². The van der Waals surface area contributed by atoms with Crippen molar-refractivity contribution in [2.45, 2.75) is 45.6 Å². The predicted octanol–water partition coefficient (Wildman–Crippen LogP) is 1.56. The first-order chi connectivity index (χ1) is 8.48. The molecule has 1 aliphatic carbocycles. The molecule has 4 nitrogen and oxygen atoms in total. The topological polar surface area (TPSA) is 64.7 Å². The van der Waals surface area contributed by atoms with E-state index in [1.165, 1.54) is 0 Å². The van der Waals surface area contributed by atoms with E-state index in [1.807, 2.05) is 0 Å². The lowest BCUT2D eigenvalue weighted by Crippen LogP contribution is -2.42. The van der Waals surface area contributed by atoms with Crippen LogP contribution in [0.15, 0.2) is 0 Å². The first-order valence-corrected chi connectivity index (χ1v) is 6.93. The maximum absolute atomic E-state index is 10.5. The quantitative estimate of drug-likeness (QED) is 0.649. The number of hydrogen-bond donors (Lipinski definition) is 2. The summed E-state index contributed by atoms with van der Waals surface area (Å²) < 4.78 is 10.4. The molecule has 108 valence electrons. The fourth-order valence-corrected chi connectivity index (χ4v) is 3.02. The molecule has 2 unspecified atom stereocenters. The molecule has 1 saturated carbocycles. The molecule has 0 radical (unpaired) electrons. The van der Waals surface area contributed by atoms with Crippen LogP contribution < -0.4 is 5.73 Å². The van der Waals surface area contributed by atoms with Gasteiger partial charge in [-0.3, -0.25) is 0 Å². The van der Waals surface area contributed by atoms with Crippen LogP contribution in [0.5, 0.6) is 0 Å². The van der Waals surface area contributed by atoms with Gasteiger partial charge in [0.2, 0.25) is 0 Å². The Balaban J connectivity index is 2.34. The van der Waals surface area contributed by atoms with Crippen molar-refractivity contribution in [1.29, 1.82) is 0 Å². The normalized spacial score (nSPS) is 30.8. The lowest BCUT2D eigenvalue weighted by Gasteiger charge is -2.36. The second-order valence-corrected chi connectivity index (χ2v) is 6.17. The molecule has 1 fully saturated rings. The Morgan fingerprint density at radius 2 is 1.94 bits per heavy atom. The van der Waals surface area contributed by atoms with Gasteiger partial charge in [0.15, 0.2) is 0 Å². The van der Waals surface area contributed by atoms with E-state index in [0.29, 0.717) is 19.8 Å². The largest absolute Gasteiger partial charge is 0.392 e. The average molecular weight is 259 g/mol. The summed E-state index contributed by atoms with van der Waals surface area (Å²) >= 11 is 0. The molecule has 1 aliphatic rings. The van der Waals surface area contributed by atoms with Gasteiger partial charge in [0.05, 0.1) is 19.3 Å². The molecule has 2 atom stereocenters. The summed E-state index contributed by atoms with van der Waals surface area (Å²) in [6.45, 7) is 6.82. The van der Waals surface area contributed by atoms with Crippen LogP contribution >= 0.6 is 0 Å². The van der Waals surface area contributed by atoms with E-state index < -0.39 is 0 Å². The molecule has 0 aromatic rings. The van der Waals surface area contributed by atoms with Gasteiger partial charge in [-0.05, 0) is 31.1 Å². The van der Waals surface area contributed by atoms with Crippen LogP contribution in [-0.4, -0.2) is 44.7 Å². The maximum Gasteiger partial charge on any atom is 0.0700 e. The fourth-order valence-electron chi connectivity index (χ4n) is 3.02. The number of hydrogen-bond acceptors (Lipinski definition) is 4. The van der Waals surface area contributed by atoms with Gasteiger partial charge < -0.3 is 20.3 Å². The van der Waals surface area contributed by atoms with Gasteiger partial charge in [0.25, 0.3) is 0 Å². The van der Waals surface area contributed by atoms with Crippen molar-refractivity contribution in [3.05, 3.63) is 0 Å². The molecule has 0 heterocycles. The van der Waals surface area contributed by atoms with E-state index in [4.69, 9.17) is 15.2 Å². The smallest absolute Gasteiger partial charge is 0.0700 e. The van der Waals surface area contributed by atoms with Crippen molar-refractivity contribution in [2.24, 2.45) is 16.6 Å². The van der Waals surface area contributed by atoms with Crippen molar-refractivity contribution >= 4 is 0 Å². The van der Waals surface area contributed by atoms with Crippen molar-refractivity contribution < 1.29 is 14.6 Å². The predicted molar refractivity (Wildman–Crippen MR) is 72.4 cm³/mol. The third kappa shape index (κ3) is 3.67. The lowest BCUT2D eigenvalue weighted by molar-refractivity contribution is -0.0151. The molecule has 0 bridgehead atoms. The summed E-state index contributed by atoms with van der Waals surface area (Å²) in [5.41, 5.74) is 5.82. The summed E-state index contributed by atoms with van der Waals surface area (Å²) in [7, 11) is 1.67. The van der Waals surface area contributed by atoms with E-state index in [2.05, 4.69) is 13.8 Å². The van der Waals surface area contributed by atoms with E-state index >= 15 is 0 Å². The Morgan fingerprint density at radius 1 is 1.22 bits per heavy atom. The second kappa shape index (κ2) is 6.85. The fraction of sp³-hybridized carbons (Fsp3) is 1.00. The summed E-state index contributed by atoms with van der Waals surface area (Å²) in [5.74, 6) is 0. The Morgan fingerprint density at radius 3 is 2.44 bits per heavy atom. The average Bonchev–Trinajstić information content (AvgIpc) is 2.58. The molecular formula is C14H29NO3. The van der Waals surface area contributed by atoms with Gasteiger partial charge in [-0.1, -0.05) is 13.8 Å². The van der Waals surface area contributed by atoms with Gasteiger partial charge in [-0.2, -0.15) is 0 Å². The second-order valence-electron chi connectivity index (χ2n) is 6.17. The van der Waals surface area contributed by atoms with E-state index in [0.717, 1.165) is 32.3 Å². The van der Waals surface area contributed by atoms with Crippen LogP contribution in [0.1, 0.15) is 39.5 Å². The minimum absolute atomic E-state index is 0.00369. The molecule has 0 spiro atoms. The van der Waals surface area contributed by atoms with E-state index in [1.54, 1.807) is 7.11 Å². The van der Waals surface area contributed by atoms with E-state index in [9.17, 15) is 5.11 Å². The summed E-state index contributed by atoms with van der Waals surface area (Å²) in [6, 6.07) is 0. The number of aliphatic hydroxyl groups is 1. The molecule has 0 saturated heterocycles. The Kier molecular flexibility index (Phi) is 6.05. The third-order valence-electron chi connectivity index (χ3n) is 4.39. The molecular weight excluding hydrogens is 230 g/mol. The summed E-state index contributed by atoms with van der Waals surface area (Å²) in [4.78, 5) is 0. The maximum atomic E-state index is 10.5. The zero-order valence-electron chi connectivity index (χ0n) is 12.1. The Bertz CT molecular complexity index is 245. The highest BCUT2D eigenvalue weighted by Crippen LogP contribution is 2.51. The minimum Gasteiger partial charge on any atom is -0.392 e. The number of ether oxygens (including phenoxy) is 2. The molecule has 0 aromatic heterocycles. The van der Waals surface area contributed by atoms with Crippen LogP contribution in [0.2, 0.25) is 0 Å². The first kappa shape index (κ1) is 15.9. The number of nitrogens with two attached hydrogens (primary N) is 1.